The smallest absolute Gasteiger partial charge is 0.109 e. The summed E-state index contributed by atoms with van der Waals surface area (Å²) in [6, 6.07) is 10.5. The summed E-state index contributed by atoms with van der Waals surface area (Å²) >= 11 is 3.13. The Morgan fingerprint density at radius 3 is 2.43 bits per heavy atom. The van der Waals surface area contributed by atoms with E-state index < -0.39 is 0 Å². The number of alkyl halides is 1. The molecule has 14 heavy (non-hydrogen) atoms. The lowest BCUT2D eigenvalue weighted by Gasteiger charge is -2.02. The van der Waals surface area contributed by atoms with Crippen LogP contribution in [0.5, 0.6) is 0 Å². The SMILES string of the molecule is OC(Br)CCCCCc1ccccc1. The number of hydrogen-bond acceptors (Lipinski definition) is 1. The van der Waals surface area contributed by atoms with Crippen molar-refractivity contribution in [3.8, 4) is 0 Å². The Hall–Kier alpha value is -0.340. The molecule has 0 radical (unpaired) electrons. The summed E-state index contributed by atoms with van der Waals surface area (Å²) in [5.41, 5.74) is 1.41. The van der Waals surface area contributed by atoms with Gasteiger partial charge in [0.1, 0.15) is 5.01 Å². The van der Waals surface area contributed by atoms with Crippen molar-refractivity contribution in [1.29, 1.82) is 0 Å². The number of benzene rings is 1. The molecule has 1 rings (SSSR count). The van der Waals surface area contributed by atoms with Crippen molar-refractivity contribution in [2.45, 2.75) is 37.1 Å². The molecule has 0 saturated heterocycles. The molecule has 0 heterocycles. The fourth-order valence-electron chi connectivity index (χ4n) is 1.46. The van der Waals surface area contributed by atoms with Crippen molar-refractivity contribution in [2.75, 3.05) is 0 Å². The van der Waals surface area contributed by atoms with E-state index in [1.54, 1.807) is 0 Å². The molecule has 78 valence electrons. The molecule has 1 aromatic carbocycles. The standard InChI is InChI=1S/C12H17BrO/c13-12(14)10-6-2-5-9-11-7-3-1-4-8-11/h1,3-4,7-8,12,14H,2,5-6,9-10H2. The molecule has 0 fully saturated rings. The zero-order chi connectivity index (χ0) is 10.2. The van der Waals surface area contributed by atoms with Crippen LogP contribution in [0.3, 0.4) is 0 Å². The Morgan fingerprint density at radius 1 is 1.07 bits per heavy atom. The second-order valence-electron chi connectivity index (χ2n) is 3.52. The van der Waals surface area contributed by atoms with Gasteiger partial charge in [0, 0.05) is 0 Å². The fraction of sp³-hybridized carbons (Fsp3) is 0.500. The van der Waals surface area contributed by atoms with E-state index in [0.717, 1.165) is 19.3 Å². The van der Waals surface area contributed by atoms with Gasteiger partial charge in [-0.1, -0.05) is 52.7 Å². The van der Waals surface area contributed by atoms with Crippen molar-refractivity contribution in [2.24, 2.45) is 0 Å². The van der Waals surface area contributed by atoms with Gasteiger partial charge in [-0.05, 0) is 31.2 Å². The predicted octanol–water partition coefficient (Wildman–Crippen LogP) is 3.50. The maximum absolute atomic E-state index is 8.99. The Bertz CT molecular complexity index is 233. The van der Waals surface area contributed by atoms with Gasteiger partial charge in [-0.3, -0.25) is 0 Å². The van der Waals surface area contributed by atoms with Crippen molar-refractivity contribution in [3.05, 3.63) is 35.9 Å². The Labute approximate surface area is 94.3 Å². The average Bonchev–Trinajstić information content (AvgIpc) is 2.18. The van der Waals surface area contributed by atoms with Gasteiger partial charge in [0.2, 0.25) is 0 Å². The van der Waals surface area contributed by atoms with Crippen LogP contribution in [0.25, 0.3) is 0 Å². The quantitative estimate of drug-likeness (QED) is 0.610. The average molecular weight is 257 g/mol. The third-order valence-electron chi connectivity index (χ3n) is 2.25. The van der Waals surface area contributed by atoms with Crippen molar-refractivity contribution in [1.82, 2.24) is 0 Å². The van der Waals surface area contributed by atoms with E-state index in [-0.39, 0.29) is 5.01 Å². The zero-order valence-electron chi connectivity index (χ0n) is 8.32. The lowest BCUT2D eigenvalue weighted by molar-refractivity contribution is 0.254. The van der Waals surface area contributed by atoms with Gasteiger partial charge >= 0.3 is 0 Å². The van der Waals surface area contributed by atoms with E-state index in [2.05, 4.69) is 40.2 Å². The highest BCUT2D eigenvalue weighted by Crippen LogP contribution is 2.10. The van der Waals surface area contributed by atoms with Crippen molar-refractivity contribution < 1.29 is 5.11 Å². The highest BCUT2D eigenvalue weighted by Gasteiger charge is 1.97. The molecular formula is C12H17BrO. The molecule has 0 spiro atoms. The largest absolute Gasteiger partial charge is 0.382 e. The number of hydrogen-bond donors (Lipinski definition) is 1. The molecule has 0 aromatic heterocycles. The van der Waals surface area contributed by atoms with Crippen LogP contribution < -0.4 is 0 Å². The molecule has 2 heteroatoms. The summed E-state index contributed by atoms with van der Waals surface area (Å²) in [6.07, 6.45) is 5.51. The van der Waals surface area contributed by atoms with Gasteiger partial charge in [0.05, 0.1) is 0 Å². The minimum atomic E-state index is -0.320. The van der Waals surface area contributed by atoms with Crippen LogP contribution in [0, 0.1) is 0 Å². The molecule has 0 saturated carbocycles. The van der Waals surface area contributed by atoms with Gasteiger partial charge in [-0.15, -0.1) is 0 Å². The van der Waals surface area contributed by atoms with Crippen LogP contribution >= 0.6 is 15.9 Å². The van der Waals surface area contributed by atoms with Crippen LogP contribution in [0.4, 0.5) is 0 Å². The van der Waals surface area contributed by atoms with E-state index in [1.807, 2.05) is 6.07 Å². The summed E-state index contributed by atoms with van der Waals surface area (Å²) in [5, 5.41) is 8.67. The summed E-state index contributed by atoms with van der Waals surface area (Å²) < 4.78 is 0. The minimum Gasteiger partial charge on any atom is -0.382 e. The first kappa shape index (κ1) is 11.7. The van der Waals surface area contributed by atoms with Gasteiger partial charge < -0.3 is 5.11 Å². The third kappa shape index (κ3) is 5.40. The van der Waals surface area contributed by atoms with Crippen LogP contribution in [0.15, 0.2) is 30.3 Å². The van der Waals surface area contributed by atoms with E-state index in [9.17, 15) is 0 Å². The monoisotopic (exact) mass is 256 g/mol. The van der Waals surface area contributed by atoms with Crippen molar-refractivity contribution in [3.63, 3.8) is 0 Å². The predicted molar refractivity (Wildman–Crippen MR) is 63.5 cm³/mol. The van der Waals surface area contributed by atoms with E-state index in [0.29, 0.717) is 0 Å². The van der Waals surface area contributed by atoms with Crippen LogP contribution in [-0.4, -0.2) is 10.1 Å². The Kier molecular flexibility index (Phi) is 5.88. The highest BCUT2D eigenvalue weighted by molar-refractivity contribution is 9.09. The first-order valence-corrected chi connectivity index (χ1v) is 6.06. The summed E-state index contributed by atoms with van der Waals surface area (Å²) in [4.78, 5) is 0. The second-order valence-corrected chi connectivity index (χ2v) is 4.58. The first-order chi connectivity index (χ1) is 6.79. The number of aliphatic hydroxyl groups is 1. The van der Waals surface area contributed by atoms with Gasteiger partial charge in [0.25, 0.3) is 0 Å². The van der Waals surface area contributed by atoms with E-state index >= 15 is 0 Å². The minimum absolute atomic E-state index is 0.320. The number of halogens is 1. The van der Waals surface area contributed by atoms with Crippen LogP contribution in [0.2, 0.25) is 0 Å². The molecule has 0 aliphatic carbocycles. The third-order valence-corrected chi connectivity index (χ3v) is 2.71. The van der Waals surface area contributed by atoms with Gasteiger partial charge in [0.15, 0.2) is 0 Å². The summed E-state index contributed by atoms with van der Waals surface area (Å²) in [7, 11) is 0. The maximum Gasteiger partial charge on any atom is 0.109 e. The molecular weight excluding hydrogens is 240 g/mol. The van der Waals surface area contributed by atoms with Crippen LogP contribution in [0.1, 0.15) is 31.2 Å². The fourth-order valence-corrected chi connectivity index (χ4v) is 1.79. The summed E-state index contributed by atoms with van der Waals surface area (Å²) in [6.45, 7) is 0. The first-order valence-electron chi connectivity index (χ1n) is 5.15. The molecule has 0 aliphatic heterocycles. The molecule has 1 N–H and O–H groups in total. The zero-order valence-corrected chi connectivity index (χ0v) is 9.91. The lowest BCUT2D eigenvalue weighted by Crippen LogP contribution is -1.94. The van der Waals surface area contributed by atoms with E-state index in [1.165, 1.54) is 18.4 Å². The van der Waals surface area contributed by atoms with Crippen LogP contribution in [-0.2, 0) is 6.42 Å². The summed E-state index contributed by atoms with van der Waals surface area (Å²) in [5.74, 6) is 0. The number of aryl methyl sites for hydroxylation is 1. The molecule has 1 atom stereocenters. The highest BCUT2D eigenvalue weighted by atomic mass is 79.9. The van der Waals surface area contributed by atoms with Crippen molar-refractivity contribution >= 4 is 15.9 Å². The van der Waals surface area contributed by atoms with Gasteiger partial charge in [-0.25, -0.2) is 0 Å². The molecule has 0 bridgehead atoms. The van der Waals surface area contributed by atoms with E-state index in [4.69, 9.17) is 5.11 Å². The normalized spacial score (nSPS) is 12.7. The molecule has 1 aromatic rings. The molecule has 1 nitrogen and oxygen atoms in total. The number of rotatable bonds is 6. The second kappa shape index (κ2) is 7.02. The maximum atomic E-state index is 8.99. The molecule has 0 aliphatic rings. The topological polar surface area (TPSA) is 20.2 Å². The number of unbranched alkanes of at least 4 members (excludes halogenated alkanes) is 2. The number of aliphatic hydroxyl groups excluding tert-OH is 1. The Morgan fingerprint density at radius 2 is 1.79 bits per heavy atom. The molecule has 1 unspecified atom stereocenters. The van der Waals surface area contributed by atoms with Gasteiger partial charge in [-0.2, -0.15) is 0 Å². The lowest BCUT2D eigenvalue weighted by atomic mass is 10.1. The Balaban J connectivity index is 2.05. The molecule has 0 amide bonds.